The van der Waals surface area contributed by atoms with Crippen LogP contribution < -0.4 is 15.5 Å². The Morgan fingerprint density at radius 1 is 1.22 bits per heavy atom. The Kier molecular flexibility index (Phi) is 6.38. The first kappa shape index (κ1) is 20.2. The first-order valence-corrected chi connectivity index (χ1v) is 8.36. The Labute approximate surface area is 156 Å². The molecule has 1 heterocycles. The number of nitrogens with one attached hydrogen (secondary N) is 2. The minimum Gasteiger partial charge on any atom is -0.463 e. The van der Waals surface area contributed by atoms with E-state index >= 15 is 0 Å². The number of esters is 2. The number of nitrogens with zero attached hydrogens (tertiary/aromatic N) is 1. The van der Waals surface area contributed by atoms with Crippen LogP contribution in [0.25, 0.3) is 0 Å². The van der Waals surface area contributed by atoms with E-state index in [0.717, 1.165) is 6.07 Å². The van der Waals surface area contributed by atoms with Crippen LogP contribution in [0.2, 0.25) is 0 Å². The number of amides is 2. The Balaban J connectivity index is 2.18. The summed E-state index contributed by atoms with van der Waals surface area (Å²) < 4.78 is 24.2. The summed E-state index contributed by atoms with van der Waals surface area (Å²) in [6.07, 6.45) is 0. The number of urea groups is 1. The van der Waals surface area contributed by atoms with Crippen molar-refractivity contribution >= 4 is 23.7 Å². The molecule has 1 aliphatic heterocycles. The number of ether oxygens (including phenoxy) is 2. The number of rotatable bonds is 6. The molecule has 2 amide bonds. The fraction of sp³-hybridized carbons (Fsp3) is 0.389. The average Bonchev–Trinajstić information content (AvgIpc) is 2.58. The molecule has 0 bridgehead atoms. The molecule has 9 heteroatoms. The Bertz CT molecular complexity index is 791. The Morgan fingerprint density at radius 3 is 2.52 bits per heavy atom. The number of benzene rings is 1. The van der Waals surface area contributed by atoms with Gasteiger partial charge in [0.2, 0.25) is 0 Å². The SMILES string of the molecule is CCOC(=O)C1=C(COC(=O)c2ccc(N(C)C)c(F)c2)NC(=O)N[C@@H]1C. The first-order valence-electron chi connectivity index (χ1n) is 8.36. The van der Waals surface area contributed by atoms with Crippen LogP contribution in [0.3, 0.4) is 0 Å². The minimum atomic E-state index is -0.782. The Hall–Kier alpha value is -3.10. The van der Waals surface area contributed by atoms with Crippen molar-refractivity contribution in [3.05, 3.63) is 40.8 Å². The molecular formula is C18H22FN3O5. The topological polar surface area (TPSA) is 97.0 Å². The van der Waals surface area contributed by atoms with Gasteiger partial charge in [0.05, 0.1) is 35.2 Å². The number of hydrogen-bond acceptors (Lipinski definition) is 6. The van der Waals surface area contributed by atoms with Gasteiger partial charge in [-0.25, -0.2) is 18.8 Å². The number of halogens is 1. The summed E-state index contributed by atoms with van der Waals surface area (Å²) in [5.74, 6) is -1.97. The highest BCUT2D eigenvalue weighted by molar-refractivity contribution is 5.95. The number of anilines is 1. The van der Waals surface area contributed by atoms with E-state index in [9.17, 15) is 18.8 Å². The summed E-state index contributed by atoms with van der Waals surface area (Å²) in [6.45, 7) is 3.07. The molecule has 1 atom stereocenters. The second-order valence-electron chi connectivity index (χ2n) is 6.07. The molecule has 2 N–H and O–H groups in total. The van der Waals surface area contributed by atoms with Crippen LogP contribution in [0, 0.1) is 5.82 Å². The van der Waals surface area contributed by atoms with Crippen LogP contribution >= 0.6 is 0 Å². The molecule has 0 spiro atoms. The smallest absolute Gasteiger partial charge is 0.338 e. The molecular weight excluding hydrogens is 357 g/mol. The maximum atomic E-state index is 14.0. The largest absolute Gasteiger partial charge is 0.463 e. The van der Waals surface area contributed by atoms with E-state index in [2.05, 4.69) is 10.6 Å². The van der Waals surface area contributed by atoms with Gasteiger partial charge in [0, 0.05) is 14.1 Å². The molecule has 0 fully saturated rings. The Morgan fingerprint density at radius 2 is 1.93 bits per heavy atom. The predicted molar refractivity (Wildman–Crippen MR) is 95.8 cm³/mol. The van der Waals surface area contributed by atoms with Gasteiger partial charge in [0.15, 0.2) is 0 Å². The van der Waals surface area contributed by atoms with Crippen molar-refractivity contribution in [3.8, 4) is 0 Å². The van der Waals surface area contributed by atoms with Crippen LogP contribution in [-0.4, -0.2) is 51.3 Å². The molecule has 8 nitrogen and oxygen atoms in total. The summed E-state index contributed by atoms with van der Waals surface area (Å²) in [7, 11) is 3.36. The molecule has 0 saturated heterocycles. The summed E-state index contributed by atoms with van der Waals surface area (Å²) in [5, 5.41) is 4.99. The van der Waals surface area contributed by atoms with E-state index < -0.39 is 29.8 Å². The molecule has 0 aromatic heterocycles. The highest BCUT2D eigenvalue weighted by Crippen LogP contribution is 2.19. The van der Waals surface area contributed by atoms with Crippen molar-refractivity contribution in [2.75, 3.05) is 32.2 Å². The predicted octanol–water partition coefficient (Wildman–Crippen LogP) is 1.57. The van der Waals surface area contributed by atoms with E-state index in [4.69, 9.17) is 9.47 Å². The van der Waals surface area contributed by atoms with Crippen molar-refractivity contribution < 1.29 is 28.2 Å². The van der Waals surface area contributed by atoms with E-state index in [0.29, 0.717) is 5.69 Å². The lowest BCUT2D eigenvalue weighted by Gasteiger charge is -2.26. The number of carbonyl (C=O) groups excluding carboxylic acids is 3. The van der Waals surface area contributed by atoms with Gasteiger partial charge in [-0.3, -0.25) is 0 Å². The van der Waals surface area contributed by atoms with E-state index in [1.54, 1.807) is 32.8 Å². The maximum Gasteiger partial charge on any atom is 0.338 e. The fourth-order valence-corrected chi connectivity index (χ4v) is 2.61. The third kappa shape index (κ3) is 4.75. The lowest BCUT2D eigenvalue weighted by molar-refractivity contribution is -0.139. The summed E-state index contributed by atoms with van der Waals surface area (Å²) in [5.41, 5.74) is 0.643. The lowest BCUT2D eigenvalue weighted by atomic mass is 10.0. The summed E-state index contributed by atoms with van der Waals surface area (Å²) >= 11 is 0. The van der Waals surface area contributed by atoms with Gasteiger partial charge >= 0.3 is 18.0 Å². The molecule has 1 aromatic rings. The quantitative estimate of drug-likeness (QED) is 0.729. The molecule has 0 aliphatic carbocycles. The minimum absolute atomic E-state index is 0.0182. The van der Waals surface area contributed by atoms with Crippen molar-refractivity contribution in [1.29, 1.82) is 0 Å². The molecule has 1 aliphatic rings. The second kappa shape index (κ2) is 8.52. The summed E-state index contributed by atoms with van der Waals surface area (Å²) in [4.78, 5) is 37.6. The zero-order valence-electron chi connectivity index (χ0n) is 15.6. The fourth-order valence-electron chi connectivity index (χ4n) is 2.61. The van der Waals surface area contributed by atoms with Crippen LogP contribution in [0.1, 0.15) is 24.2 Å². The maximum absolute atomic E-state index is 14.0. The third-order valence-electron chi connectivity index (χ3n) is 3.88. The van der Waals surface area contributed by atoms with Gasteiger partial charge < -0.3 is 25.0 Å². The van der Waals surface area contributed by atoms with Crippen LogP contribution in [0.15, 0.2) is 29.5 Å². The zero-order chi connectivity index (χ0) is 20.1. The molecule has 27 heavy (non-hydrogen) atoms. The third-order valence-corrected chi connectivity index (χ3v) is 3.88. The van der Waals surface area contributed by atoms with E-state index in [1.165, 1.54) is 12.1 Å². The second-order valence-corrected chi connectivity index (χ2v) is 6.07. The van der Waals surface area contributed by atoms with Crippen molar-refractivity contribution in [1.82, 2.24) is 10.6 Å². The van der Waals surface area contributed by atoms with Gasteiger partial charge in [-0.15, -0.1) is 0 Å². The molecule has 0 saturated carbocycles. The lowest BCUT2D eigenvalue weighted by Crippen LogP contribution is -2.50. The van der Waals surface area contributed by atoms with Crippen molar-refractivity contribution in [3.63, 3.8) is 0 Å². The summed E-state index contributed by atoms with van der Waals surface area (Å²) in [6, 6.07) is 2.84. The van der Waals surface area contributed by atoms with Gasteiger partial charge in [-0.1, -0.05) is 0 Å². The normalized spacial score (nSPS) is 16.3. The van der Waals surface area contributed by atoms with Crippen molar-refractivity contribution in [2.45, 2.75) is 19.9 Å². The zero-order valence-corrected chi connectivity index (χ0v) is 15.6. The molecule has 0 unspecified atom stereocenters. The van der Waals surface area contributed by atoms with Gasteiger partial charge in [0.1, 0.15) is 12.4 Å². The van der Waals surface area contributed by atoms with Gasteiger partial charge in [0.25, 0.3) is 0 Å². The molecule has 1 aromatic carbocycles. The standard InChI is InChI=1S/C18H22FN3O5/c1-5-26-17(24)15-10(2)20-18(25)21-13(15)9-27-16(23)11-6-7-14(22(3)4)12(19)8-11/h6-8,10H,5,9H2,1-4H3,(H2,20,21,25)/t10-/m1/s1. The van der Waals surface area contributed by atoms with E-state index in [-0.39, 0.29) is 30.0 Å². The molecule has 0 radical (unpaired) electrons. The van der Waals surface area contributed by atoms with Gasteiger partial charge in [-0.05, 0) is 32.0 Å². The van der Waals surface area contributed by atoms with Gasteiger partial charge in [-0.2, -0.15) is 0 Å². The number of carbonyl (C=O) groups is 3. The molecule has 146 valence electrons. The molecule has 2 rings (SSSR count). The van der Waals surface area contributed by atoms with Crippen LogP contribution in [-0.2, 0) is 14.3 Å². The monoisotopic (exact) mass is 379 g/mol. The highest BCUT2D eigenvalue weighted by atomic mass is 19.1. The number of hydrogen-bond donors (Lipinski definition) is 2. The highest BCUT2D eigenvalue weighted by Gasteiger charge is 2.30. The van der Waals surface area contributed by atoms with E-state index in [1.807, 2.05) is 0 Å². The van der Waals surface area contributed by atoms with Crippen LogP contribution in [0.4, 0.5) is 14.9 Å². The average molecular weight is 379 g/mol. The first-order chi connectivity index (χ1) is 12.7. The van der Waals surface area contributed by atoms with Crippen LogP contribution in [0.5, 0.6) is 0 Å². The van der Waals surface area contributed by atoms with Crippen molar-refractivity contribution in [2.24, 2.45) is 0 Å².